The highest BCUT2D eigenvalue weighted by Crippen LogP contribution is 2.36. The molecule has 2 fully saturated rings. The van der Waals surface area contributed by atoms with Gasteiger partial charge < -0.3 is 10.2 Å². The fourth-order valence-electron chi connectivity index (χ4n) is 2.70. The summed E-state index contributed by atoms with van der Waals surface area (Å²) in [6.45, 7) is 2.33. The molecule has 1 aromatic heterocycles. The predicted octanol–water partition coefficient (Wildman–Crippen LogP) is 1.82. The molecule has 1 saturated carbocycles. The molecule has 0 radical (unpaired) electrons. The second-order valence-corrected chi connectivity index (χ2v) is 6.07. The van der Waals surface area contributed by atoms with E-state index in [1.54, 1.807) is 11.3 Å². The van der Waals surface area contributed by atoms with Crippen LogP contribution in [0.4, 0.5) is 0 Å². The maximum atomic E-state index is 4.56. The van der Waals surface area contributed by atoms with E-state index in [0.717, 1.165) is 12.6 Å². The van der Waals surface area contributed by atoms with Gasteiger partial charge in [0.1, 0.15) is 5.01 Å². The zero-order chi connectivity index (χ0) is 11.0. The molecule has 0 bridgehead atoms. The van der Waals surface area contributed by atoms with Gasteiger partial charge in [0.25, 0.3) is 0 Å². The number of hydrogen-bond acceptors (Lipinski definition) is 4. The molecule has 16 heavy (non-hydrogen) atoms. The van der Waals surface area contributed by atoms with E-state index < -0.39 is 0 Å². The normalized spacial score (nSPS) is 31.8. The fraction of sp³-hybridized carbons (Fsp3) is 0.750. The summed E-state index contributed by atoms with van der Waals surface area (Å²) in [6, 6.07) is 0.746. The average molecular weight is 237 g/mol. The predicted molar refractivity (Wildman–Crippen MR) is 66.7 cm³/mol. The SMILES string of the molecule is CN1CCCC(NC2CC2)(c2nccs2)C1. The zero-order valence-electron chi connectivity index (χ0n) is 9.78. The summed E-state index contributed by atoms with van der Waals surface area (Å²) in [5.41, 5.74) is 0.141. The molecule has 0 spiro atoms. The molecule has 1 N–H and O–H groups in total. The van der Waals surface area contributed by atoms with Crippen LogP contribution in [-0.2, 0) is 5.54 Å². The van der Waals surface area contributed by atoms with Crippen molar-refractivity contribution < 1.29 is 0 Å². The van der Waals surface area contributed by atoms with Crippen molar-refractivity contribution in [2.24, 2.45) is 0 Å². The Bertz CT molecular complexity index is 343. The Labute approximate surface area is 101 Å². The van der Waals surface area contributed by atoms with Crippen LogP contribution < -0.4 is 5.32 Å². The molecule has 1 aliphatic heterocycles. The topological polar surface area (TPSA) is 28.2 Å². The highest BCUT2D eigenvalue weighted by Gasteiger charge is 2.41. The fourth-order valence-corrected chi connectivity index (χ4v) is 3.53. The Morgan fingerprint density at radius 1 is 1.56 bits per heavy atom. The highest BCUT2D eigenvalue weighted by molar-refractivity contribution is 7.09. The van der Waals surface area contributed by atoms with Crippen molar-refractivity contribution in [2.45, 2.75) is 37.3 Å². The van der Waals surface area contributed by atoms with E-state index in [-0.39, 0.29) is 5.54 Å². The summed E-state index contributed by atoms with van der Waals surface area (Å²) in [6.07, 6.45) is 7.13. The third-order valence-corrected chi connectivity index (χ3v) is 4.56. The lowest BCUT2D eigenvalue weighted by atomic mass is 9.89. The van der Waals surface area contributed by atoms with Gasteiger partial charge in [0, 0.05) is 24.2 Å². The molecule has 1 unspecified atom stereocenters. The van der Waals surface area contributed by atoms with Crippen molar-refractivity contribution in [1.82, 2.24) is 15.2 Å². The van der Waals surface area contributed by atoms with Crippen molar-refractivity contribution in [3.05, 3.63) is 16.6 Å². The number of thiazole rings is 1. The number of likely N-dealkylation sites (N-methyl/N-ethyl adjacent to an activating group) is 1. The smallest absolute Gasteiger partial charge is 0.114 e. The number of nitrogens with one attached hydrogen (secondary N) is 1. The van der Waals surface area contributed by atoms with E-state index in [0.29, 0.717) is 0 Å². The third-order valence-electron chi connectivity index (χ3n) is 3.58. The first-order chi connectivity index (χ1) is 7.78. The average Bonchev–Trinajstić information content (AvgIpc) is 2.90. The van der Waals surface area contributed by atoms with Crippen LogP contribution in [-0.4, -0.2) is 36.1 Å². The Morgan fingerprint density at radius 3 is 3.06 bits per heavy atom. The second kappa shape index (κ2) is 4.09. The Kier molecular flexibility index (Phi) is 2.73. The van der Waals surface area contributed by atoms with Crippen molar-refractivity contribution in [3.63, 3.8) is 0 Å². The van der Waals surface area contributed by atoms with Crippen molar-refractivity contribution in [3.8, 4) is 0 Å². The minimum atomic E-state index is 0.141. The van der Waals surface area contributed by atoms with Gasteiger partial charge in [0.2, 0.25) is 0 Å². The van der Waals surface area contributed by atoms with Crippen LogP contribution in [0.15, 0.2) is 11.6 Å². The highest BCUT2D eigenvalue weighted by atomic mass is 32.1. The van der Waals surface area contributed by atoms with Gasteiger partial charge in [-0.25, -0.2) is 4.98 Å². The van der Waals surface area contributed by atoms with Crippen LogP contribution in [0.3, 0.4) is 0 Å². The summed E-state index contributed by atoms with van der Waals surface area (Å²) in [4.78, 5) is 6.99. The van der Waals surface area contributed by atoms with E-state index in [2.05, 4.69) is 27.6 Å². The minimum absolute atomic E-state index is 0.141. The van der Waals surface area contributed by atoms with Gasteiger partial charge in [0.05, 0.1) is 5.54 Å². The summed E-state index contributed by atoms with van der Waals surface area (Å²) >= 11 is 1.80. The van der Waals surface area contributed by atoms with Crippen molar-refractivity contribution >= 4 is 11.3 Å². The number of likely N-dealkylation sites (tertiary alicyclic amines) is 1. The molecule has 1 aromatic rings. The lowest BCUT2D eigenvalue weighted by molar-refractivity contribution is 0.141. The van der Waals surface area contributed by atoms with E-state index in [4.69, 9.17) is 0 Å². The van der Waals surface area contributed by atoms with Crippen LogP contribution in [0.5, 0.6) is 0 Å². The monoisotopic (exact) mass is 237 g/mol. The third kappa shape index (κ3) is 2.01. The van der Waals surface area contributed by atoms with Crippen LogP contribution in [0.25, 0.3) is 0 Å². The quantitative estimate of drug-likeness (QED) is 0.869. The molecule has 3 nitrogen and oxygen atoms in total. The first-order valence-corrected chi connectivity index (χ1v) is 7.03. The molecule has 2 aliphatic rings. The van der Waals surface area contributed by atoms with Crippen molar-refractivity contribution in [2.75, 3.05) is 20.1 Å². The Balaban J connectivity index is 1.86. The first-order valence-electron chi connectivity index (χ1n) is 6.15. The molecule has 0 amide bonds. The number of aromatic nitrogens is 1. The number of hydrogen-bond donors (Lipinski definition) is 1. The van der Waals surface area contributed by atoms with Crippen LogP contribution >= 0.6 is 11.3 Å². The van der Waals surface area contributed by atoms with E-state index in [9.17, 15) is 0 Å². The van der Waals surface area contributed by atoms with Crippen LogP contribution in [0.1, 0.15) is 30.7 Å². The lowest BCUT2D eigenvalue weighted by Crippen LogP contribution is -2.54. The molecular weight excluding hydrogens is 218 g/mol. The largest absolute Gasteiger partial charge is 0.304 e. The number of rotatable bonds is 3. The van der Waals surface area contributed by atoms with Gasteiger partial charge in [-0.1, -0.05) is 0 Å². The van der Waals surface area contributed by atoms with Crippen LogP contribution in [0, 0.1) is 0 Å². The van der Waals surface area contributed by atoms with Gasteiger partial charge >= 0.3 is 0 Å². The number of nitrogens with zero attached hydrogens (tertiary/aromatic N) is 2. The zero-order valence-corrected chi connectivity index (χ0v) is 10.6. The summed E-state index contributed by atoms with van der Waals surface area (Å²) in [5.74, 6) is 0. The molecular formula is C12H19N3S. The summed E-state index contributed by atoms with van der Waals surface area (Å²) in [5, 5.41) is 7.23. The first kappa shape index (κ1) is 10.7. The molecule has 1 saturated heterocycles. The van der Waals surface area contributed by atoms with Gasteiger partial charge in [0.15, 0.2) is 0 Å². The van der Waals surface area contributed by atoms with Crippen LogP contribution in [0.2, 0.25) is 0 Å². The molecule has 0 aromatic carbocycles. The second-order valence-electron chi connectivity index (χ2n) is 5.18. The Morgan fingerprint density at radius 2 is 2.44 bits per heavy atom. The lowest BCUT2D eigenvalue weighted by Gasteiger charge is -2.41. The number of piperidine rings is 1. The molecule has 88 valence electrons. The molecule has 4 heteroatoms. The molecule has 2 heterocycles. The molecule has 3 rings (SSSR count). The standard InChI is InChI=1S/C12H19N3S/c1-15-7-2-5-12(9-15,14-10-3-4-10)11-13-6-8-16-11/h6,8,10,14H,2-5,7,9H2,1H3. The molecule has 1 aliphatic carbocycles. The molecule has 1 atom stereocenters. The van der Waals surface area contributed by atoms with Gasteiger partial charge in [-0.05, 0) is 39.3 Å². The van der Waals surface area contributed by atoms with E-state index >= 15 is 0 Å². The van der Waals surface area contributed by atoms with Gasteiger partial charge in [-0.15, -0.1) is 11.3 Å². The van der Waals surface area contributed by atoms with Gasteiger partial charge in [-0.3, -0.25) is 0 Å². The summed E-state index contributed by atoms with van der Waals surface area (Å²) in [7, 11) is 2.22. The van der Waals surface area contributed by atoms with Crippen molar-refractivity contribution in [1.29, 1.82) is 0 Å². The van der Waals surface area contributed by atoms with E-state index in [1.807, 2.05) is 6.20 Å². The minimum Gasteiger partial charge on any atom is -0.304 e. The maximum Gasteiger partial charge on any atom is 0.114 e. The van der Waals surface area contributed by atoms with E-state index in [1.165, 1.54) is 37.2 Å². The van der Waals surface area contributed by atoms with Gasteiger partial charge in [-0.2, -0.15) is 0 Å². The Hall–Kier alpha value is -0.450. The maximum absolute atomic E-state index is 4.56. The summed E-state index contributed by atoms with van der Waals surface area (Å²) < 4.78 is 0.